The minimum atomic E-state index is 0. The molecule has 0 aliphatic heterocycles. The number of rotatable bonds is 4. The molecule has 134 valence electrons. The highest BCUT2D eigenvalue weighted by molar-refractivity contribution is 5.85. The fourth-order valence-corrected chi connectivity index (χ4v) is 4.00. The van der Waals surface area contributed by atoms with Gasteiger partial charge in [0, 0.05) is 12.8 Å². The molecule has 25 heavy (non-hydrogen) atoms. The van der Waals surface area contributed by atoms with Crippen LogP contribution in [-0.2, 0) is 17.6 Å². The largest absolute Gasteiger partial charge is 0.300 e. The number of carbonyl (C=O) groups excluding carboxylic acids is 1. The maximum absolute atomic E-state index is 12.3. The Morgan fingerprint density at radius 2 is 1.24 bits per heavy atom. The van der Waals surface area contributed by atoms with E-state index < -0.39 is 0 Å². The Hall–Kier alpha value is -1.60. The molecule has 2 aromatic carbocycles. The summed E-state index contributed by atoms with van der Waals surface area (Å²) in [7, 11) is 0. The lowest BCUT2D eigenvalue weighted by Gasteiger charge is -2.19. The van der Waals surface area contributed by atoms with E-state index in [2.05, 4.69) is 60.7 Å². The molecule has 2 aromatic rings. The van der Waals surface area contributed by atoms with E-state index in [0.717, 1.165) is 38.0 Å². The fraction of sp³-hybridized carbons (Fsp3) is 0.435. The van der Waals surface area contributed by atoms with E-state index in [1.807, 2.05) is 0 Å². The Balaban J connectivity index is 0.00000225. The van der Waals surface area contributed by atoms with Crippen molar-refractivity contribution < 1.29 is 4.79 Å². The molecule has 0 radical (unpaired) electrons. The van der Waals surface area contributed by atoms with Gasteiger partial charge in [-0.15, -0.1) is 12.4 Å². The summed E-state index contributed by atoms with van der Waals surface area (Å²) in [6.07, 6.45) is 8.44. The average Bonchev–Trinajstić information content (AvgIpc) is 2.68. The van der Waals surface area contributed by atoms with E-state index in [1.54, 1.807) is 0 Å². The average molecular weight is 357 g/mol. The lowest BCUT2D eigenvalue weighted by Crippen LogP contribution is -2.12. The Morgan fingerprint density at radius 3 is 1.84 bits per heavy atom. The molecule has 0 N–H and O–H groups in total. The van der Waals surface area contributed by atoms with Crippen LogP contribution < -0.4 is 0 Å². The first-order valence-corrected chi connectivity index (χ1v) is 9.39. The maximum atomic E-state index is 12.3. The van der Waals surface area contributed by atoms with Gasteiger partial charge in [-0.2, -0.15) is 0 Å². The zero-order valence-corrected chi connectivity index (χ0v) is 15.7. The van der Waals surface area contributed by atoms with E-state index in [1.165, 1.54) is 30.4 Å². The third kappa shape index (κ3) is 6.66. The quantitative estimate of drug-likeness (QED) is 0.651. The predicted octanol–water partition coefficient (Wildman–Crippen LogP) is 6.05. The summed E-state index contributed by atoms with van der Waals surface area (Å²) in [4.78, 5) is 12.3. The molecule has 1 nitrogen and oxygen atoms in total. The molecule has 0 saturated heterocycles. The summed E-state index contributed by atoms with van der Waals surface area (Å²) in [5.41, 5.74) is 2.81. The van der Waals surface area contributed by atoms with Crippen LogP contribution >= 0.6 is 12.4 Å². The Morgan fingerprint density at radius 1 is 0.720 bits per heavy atom. The van der Waals surface area contributed by atoms with Gasteiger partial charge in [-0.05, 0) is 61.5 Å². The van der Waals surface area contributed by atoms with Crippen molar-refractivity contribution in [1.82, 2.24) is 0 Å². The molecule has 1 saturated carbocycles. The van der Waals surface area contributed by atoms with Gasteiger partial charge in [0.05, 0.1) is 0 Å². The molecule has 0 bridgehead atoms. The Kier molecular flexibility index (Phi) is 8.21. The molecule has 1 aliphatic carbocycles. The lowest BCUT2D eigenvalue weighted by atomic mass is 9.86. The molecular formula is C23H29ClO. The van der Waals surface area contributed by atoms with Gasteiger partial charge in [0.2, 0.25) is 0 Å². The zero-order chi connectivity index (χ0) is 16.6. The van der Waals surface area contributed by atoms with Gasteiger partial charge in [0.25, 0.3) is 0 Å². The lowest BCUT2D eigenvalue weighted by molar-refractivity contribution is -0.120. The maximum Gasteiger partial charge on any atom is 0.133 e. The Labute approximate surface area is 158 Å². The second kappa shape index (κ2) is 10.4. The van der Waals surface area contributed by atoms with E-state index in [9.17, 15) is 4.79 Å². The number of hydrogen-bond acceptors (Lipinski definition) is 1. The molecule has 1 aliphatic rings. The van der Waals surface area contributed by atoms with Crippen molar-refractivity contribution >= 4 is 18.2 Å². The molecule has 3 rings (SSSR count). The highest BCUT2D eigenvalue weighted by Crippen LogP contribution is 2.28. The number of Topliss-reactive ketones (excluding diaryl/α,β-unsaturated/α-hetero) is 1. The summed E-state index contributed by atoms with van der Waals surface area (Å²) in [5.74, 6) is 1.70. The van der Waals surface area contributed by atoms with Crippen LogP contribution in [0.15, 0.2) is 60.7 Å². The Bertz CT molecular complexity index is 623. The van der Waals surface area contributed by atoms with Gasteiger partial charge in [-0.25, -0.2) is 0 Å². The van der Waals surface area contributed by atoms with Gasteiger partial charge >= 0.3 is 0 Å². The molecule has 2 heteroatoms. The predicted molar refractivity (Wildman–Crippen MR) is 107 cm³/mol. The van der Waals surface area contributed by atoms with E-state index in [0.29, 0.717) is 11.7 Å². The SMILES string of the molecule is Cl.O=C1CCCC(Cc2ccccc2)CCC(Cc2ccccc2)C1. The minimum Gasteiger partial charge on any atom is -0.300 e. The molecule has 0 heterocycles. The highest BCUT2D eigenvalue weighted by atomic mass is 35.5. The van der Waals surface area contributed by atoms with Gasteiger partial charge in [-0.1, -0.05) is 60.7 Å². The second-order valence-corrected chi connectivity index (χ2v) is 7.32. The molecule has 0 spiro atoms. The van der Waals surface area contributed by atoms with Gasteiger partial charge < -0.3 is 0 Å². The molecule has 0 amide bonds. The van der Waals surface area contributed by atoms with Crippen LogP contribution in [0.5, 0.6) is 0 Å². The fourth-order valence-electron chi connectivity index (χ4n) is 4.00. The van der Waals surface area contributed by atoms with Crippen LogP contribution in [0.3, 0.4) is 0 Å². The van der Waals surface area contributed by atoms with Crippen LogP contribution in [0, 0.1) is 11.8 Å². The third-order valence-electron chi connectivity index (χ3n) is 5.30. The van der Waals surface area contributed by atoms with E-state index >= 15 is 0 Å². The van der Waals surface area contributed by atoms with Crippen molar-refractivity contribution in [2.45, 2.75) is 51.4 Å². The number of hydrogen-bond donors (Lipinski definition) is 0. The van der Waals surface area contributed by atoms with Crippen molar-refractivity contribution in [2.24, 2.45) is 11.8 Å². The van der Waals surface area contributed by atoms with Crippen molar-refractivity contribution in [3.05, 3.63) is 71.8 Å². The first-order chi connectivity index (χ1) is 11.8. The number of ketones is 1. The normalized spacial score (nSPS) is 21.5. The van der Waals surface area contributed by atoms with Crippen LogP contribution in [-0.4, -0.2) is 5.78 Å². The number of benzene rings is 2. The third-order valence-corrected chi connectivity index (χ3v) is 5.30. The first-order valence-electron chi connectivity index (χ1n) is 9.39. The molecule has 2 atom stereocenters. The topological polar surface area (TPSA) is 17.1 Å². The van der Waals surface area contributed by atoms with E-state index in [-0.39, 0.29) is 12.4 Å². The smallest absolute Gasteiger partial charge is 0.133 e. The highest BCUT2D eigenvalue weighted by Gasteiger charge is 2.20. The second-order valence-electron chi connectivity index (χ2n) is 7.32. The standard InChI is InChI=1S/C23H28O.ClH/c24-23-13-7-12-21(16-19-8-3-1-4-9-19)14-15-22(18-23)17-20-10-5-2-6-11-20;/h1-6,8-11,21-22H,7,12-18H2;1H. The van der Waals surface area contributed by atoms with Crippen LogP contribution in [0.25, 0.3) is 0 Å². The van der Waals surface area contributed by atoms with Gasteiger partial charge in [0.15, 0.2) is 0 Å². The summed E-state index contributed by atoms with van der Waals surface area (Å²) in [6.45, 7) is 0. The van der Waals surface area contributed by atoms with E-state index in [4.69, 9.17) is 0 Å². The molecular weight excluding hydrogens is 328 g/mol. The first kappa shape index (κ1) is 19.7. The minimum absolute atomic E-state index is 0. The molecule has 1 fully saturated rings. The zero-order valence-electron chi connectivity index (χ0n) is 14.9. The van der Waals surface area contributed by atoms with Crippen LogP contribution in [0.2, 0.25) is 0 Å². The van der Waals surface area contributed by atoms with Crippen LogP contribution in [0.1, 0.15) is 49.7 Å². The summed E-state index contributed by atoms with van der Waals surface area (Å²) in [6, 6.07) is 21.5. The molecule has 2 unspecified atom stereocenters. The molecule has 0 aromatic heterocycles. The van der Waals surface area contributed by atoms with Gasteiger partial charge in [-0.3, -0.25) is 4.79 Å². The summed E-state index contributed by atoms with van der Waals surface area (Å²) in [5, 5.41) is 0. The van der Waals surface area contributed by atoms with Crippen LogP contribution in [0.4, 0.5) is 0 Å². The summed E-state index contributed by atoms with van der Waals surface area (Å²) < 4.78 is 0. The van der Waals surface area contributed by atoms with Crippen molar-refractivity contribution in [1.29, 1.82) is 0 Å². The number of halogens is 1. The summed E-state index contributed by atoms with van der Waals surface area (Å²) >= 11 is 0. The number of carbonyl (C=O) groups is 1. The van der Waals surface area contributed by atoms with Crippen molar-refractivity contribution in [2.75, 3.05) is 0 Å². The van der Waals surface area contributed by atoms with Crippen molar-refractivity contribution in [3.63, 3.8) is 0 Å². The van der Waals surface area contributed by atoms with Crippen molar-refractivity contribution in [3.8, 4) is 0 Å². The van der Waals surface area contributed by atoms with Gasteiger partial charge in [0.1, 0.15) is 5.78 Å². The monoisotopic (exact) mass is 356 g/mol.